The van der Waals surface area contributed by atoms with Gasteiger partial charge in [0.25, 0.3) is 0 Å². The zero-order chi connectivity index (χ0) is 21.2. The van der Waals surface area contributed by atoms with E-state index in [1.165, 1.54) is 36.2 Å². The summed E-state index contributed by atoms with van der Waals surface area (Å²) in [5.74, 6) is -1.63. The normalized spacial score (nSPS) is 11.4. The Morgan fingerprint density at radius 2 is 1.86 bits per heavy atom. The fourth-order valence-electron chi connectivity index (χ4n) is 2.78. The van der Waals surface area contributed by atoms with Crippen LogP contribution >= 0.6 is 0 Å². The number of primary amides is 1. The van der Waals surface area contributed by atoms with Gasteiger partial charge in [-0.05, 0) is 29.7 Å². The maximum absolute atomic E-state index is 13.4. The number of likely N-dealkylation sites (N-methyl/N-ethyl adjacent to an activating group) is 1. The fourth-order valence-corrected chi connectivity index (χ4v) is 2.78. The van der Waals surface area contributed by atoms with Gasteiger partial charge in [-0.1, -0.05) is 42.5 Å². The lowest BCUT2D eigenvalue weighted by atomic mass is 10.0. The topological polar surface area (TPSA) is 102 Å². The quantitative estimate of drug-likeness (QED) is 0.631. The lowest BCUT2D eigenvalue weighted by Gasteiger charge is -2.26. The first-order valence-corrected chi connectivity index (χ1v) is 9.13. The predicted octanol–water partition coefficient (Wildman–Crippen LogP) is 2.52. The van der Waals surface area contributed by atoms with Crippen molar-refractivity contribution in [3.63, 3.8) is 0 Å². The molecule has 0 aliphatic rings. The SMILES string of the molecule is CN(C(=O)CCCNC(=O)OCc1ccccc1)C(C(N)=O)c1cccc(F)c1. The minimum atomic E-state index is -1.07. The molecule has 0 aromatic heterocycles. The van der Waals surface area contributed by atoms with E-state index in [0.29, 0.717) is 12.0 Å². The Kier molecular flexibility index (Phi) is 8.14. The molecule has 1 atom stereocenters. The molecular weight excluding hydrogens is 377 g/mol. The zero-order valence-corrected chi connectivity index (χ0v) is 16.1. The zero-order valence-electron chi connectivity index (χ0n) is 16.1. The molecule has 0 saturated carbocycles. The van der Waals surface area contributed by atoms with Gasteiger partial charge < -0.3 is 20.7 Å². The molecule has 154 valence electrons. The maximum Gasteiger partial charge on any atom is 0.407 e. The van der Waals surface area contributed by atoms with Gasteiger partial charge in [0.05, 0.1) is 0 Å². The first-order chi connectivity index (χ1) is 13.9. The van der Waals surface area contributed by atoms with Crippen molar-refractivity contribution in [1.29, 1.82) is 0 Å². The Morgan fingerprint density at radius 1 is 1.14 bits per heavy atom. The molecule has 2 rings (SSSR count). The Hall–Kier alpha value is -3.42. The first kappa shape index (κ1) is 21.9. The van der Waals surface area contributed by atoms with Gasteiger partial charge in [0.2, 0.25) is 11.8 Å². The summed E-state index contributed by atoms with van der Waals surface area (Å²) < 4.78 is 18.5. The molecule has 0 spiro atoms. The van der Waals surface area contributed by atoms with Gasteiger partial charge >= 0.3 is 6.09 Å². The minimum Gasteiger partial charge on any atom is -0.445 e. The molecule has 0 saturated heterocycles. The molecule has 0 aliphatic carbocycles. The van der Waals surface area contributed by atoms with Gasteiger partial charge in [-0.3, -0.25) is 9.59 Å². The van der Waals surface area contributed by atoms with Gasteiger partial charge in [-0.15, -0.1) is 0 Å². The second-order valence-electron chi connectivity index (χ2n) is 6.46. The summed E-state index contributed by atoms with van der Waals surface area (Å²) in [7, 11) is 1.43. The number of halogens is 1. The molecule has 8 heteroatoms. The number of alkyl carbamates (subject to hydrolysis) is 1. The van der Waals surface area contributed by atoms with Crippen LogP contribution in [0.4, 0.5) is 9.18 Å². The van der Waals surface area contributed by atoms with E-state index in [9.17, 15) is 18.8 Å². The van der Waals surface area contributed by atoms with Crippen LogP contribution in [0.15, 0.2) is 54.6 Å². The smallest absolute Gasteiger partial charge is 0.407 e. The largest absolute Gasteiger partial charge is 0.445 e. The van der Waals surface area contributed by atoms with E-state index in [-0.39, 0.29) is 25.5 Å². The highest BCUT2D eigenvalue weighted by atomic mass is 19.1. The maximum atomic E-state index is 13.4. The van der Waals surface area contributed by atoms with Crippen molar-refractivity contribution in [1.82, 2.24) is 10.2 Å². The molecule has 1 unspecified atom stereocenters. The van der Waals surface area contributed by atoms with Crippen molar-refractivity contribution in [2.45, 2.75) is 25.5 Å². The molecule has 0 aliphatic heterocycles. The molecule has 2 aromatic rings. The second kappa shape index (κ2) is 10.8. The van der Waals surface area contributed by atoms with Crippen molar-refractivity contribution in [2.24, 2.45) is 5.73 Å². The number of nitrogens with two attached hydrogens (primary N) is 1. The Bertz CT molecular complexity index is 845. The number of hydrogen-bond donors (Lipinski definition) is 2. The van der Waals surface area contributed by atoms with Crippen LogP contribution in [0.3, 0.4) is 0 Å². The molecule has 29 heavy (non-hydrogen) atoms. The summed E-state index contributed by atoms with van der Waals surface area (Å²) in [6.45, 7) is 0.386. The molecule has 0 fully saturated rings. The summed E-state index contributed by atoms with van der Waals surface area (Å²) in [4.78, 5) is 37.1. The first-order valence-electron chi connectivity index (χ1n) is 9.13. The fraction of sp³-hybridized carbons (Fsp3) is 0.286. The van der Waals surface area contributed by atoms with Gasteiger partial charge in [0.1, 0.15) is 18.5 Å². The highest BCUT2D eigenvalue weighted by Gasteiger charge is 2.26. The van der Waals surface area contributed by atoms with Gasteiger partial charge in [0.15, 0.2) is 0 Å². The summed E-state index contributed by atoms with van der Waals surface area (Å²) in [5, 5.41) is 2.57. The third-order valence-corrected chi connectivity index (χ3v) is 4.26. The predicted molar refractivity (Wildman–Crippen MR) is 105 cm³/mol. The lowest BCUT2D eigenvalue weighted by Crippen LogP contribution is -2.39. The molecule has 7 nitrogen and oxygen atoms in total. The van der Waals surface area contributed by atoms with E-state index in [4.69, 9.17) is 10.5 Å². The number of ether oxygens (including phenoxy) is 1. The third-order valence-electron chi connectivity index (χ3n) is 4.26. The number of benzene rings is 2. The Labute approximate surface area is 168 Å². The molecular formula is C21H24FN3O4. The van der Waals surface area contributed by atoms with Gasteiger partial charge in [-0.25, -0.2) is 9.18 Å². The van der Waals surface area contributed by atoms with Crippen LogP contribution in [0.5, 0.6) is 0 Å². The van der Waals surface area contributed by atoms with Crippen molar-refractivity contribution < 1.29 is 23.5 Å². The summed E-state index contributed by atoms with van der Waals surface area (Å²) in [6.07, 6.45) is -0.156. The third kappa shape index (κ3) is 6.91. The molecule has 0 radical (unpaired) electrons. The molecule has 0 heterocycles. The molecule has 3 amide bonds. The van der Waals surface area contributed by atoms with Crippen LogP contribution in [0.2, 0.25) is 0 Å². The van der Waals surface area contributed by atoms with Crippen molar-refractivity contribution in [2.75, 3.05) is 13.6 Å². The van der Waals surface area contributed by atoms with E-state index in [1.807, 2.05) is 30.3 Å². The molecule has 2 aromatic carbocycles. The van der Waals surface area contributed by atoms with Crippen LogP contribution in [0.25, 0.3) is 0 Å². The van der Waals surface area contributed by atoms with Crippen LogP contribution < -0.4 is 11.1 Å². The van der Waals surface area contributed by atoms with Crippen LogP contribution in [-0.2, 0) is 20.9 Å². The van der Waals surface area contributed by atoms with E-state index in [2.05, 4.69) is 5.32 Å². The number of amides is 3. The average Bonchev–Trinajstić information content (AvgIpc) is 2.70. The van der Waals surface area contributed by atoms with E-state index in [1.54, 1.807) is 0 Å². The Morgan fingerprint density at radius 3 is 2.52 bits per heavy atom. The summed E-state index contributed by atoms with van der Waals surface area (Å²) in [5.41, 5.74) is 6.58. The van der Waals surface area contributed by atoms with Crippen LogP contribution in [-0.4, -0.2) is 36.4 Å². The molecule has 3 N–H and O–H groups in total. The van der Waals surface area contributed by atoms with E-state index < -0.39 is 23.9 Å². The second-order valence-corrected chi connectivity index (χ2v) is 6.46. The van der Waals surface area contributed by atoms with Crippen molar-refractivity contribution in [3.05, 3.63) is 71.5 Å². The minimum absolute atomic E-state index is 0.0779. The summed E-state index contributed by atoms with van der Waals surface area (Å²) in [6, 6.07) is 13.6. The van der Waals surface area contributed by atoms with Crippen LogP contribution in [0.1, 0.15) is 30.0 Å². The number of carbonyl (C=O) groups is 3. The lowest BCUT2D eigenvalue weighted by molar-refractivity contribution is -0.138. The van der Waals surface area contributed by atoms with Gasteiger partial charge in [-0.2, -0.15) is 0 Å². The monoisotopic (exact) mass is 401 g/mol. The summed E-state index contributed by atoms with van der Waals surface area (Å²) >= 11 is 0. The number of carbonyl (C=O) groups excluding carboxylic acids is 3. The highest BCUT2D eigenvalue weighted by molar-refractivity contribution is 5.87. The van der Waals surface area contributed by atoms with Crippen molar-refractivity contribution >= 4 is 17.9 Å². The number of nitrogens with one attached hydrogen (secondary N) is 1. The van der Waals surface area contributed by atoms with E-state index in [0.717, 1.165) is 5.56 Å². The average molecular weight is 401 g/mol. The van der Waals surface area contributed by atoms with Gasteiger partial charge in [0, 0.05) is 20.0 Å². The number of hydrogen-bond acceptors (Lipinski definition) is 4. The van der Waals surface area contributed by atoms with Crippen molar-refractivity contribution in [3.8, 4) is 0 Å². The number of rotatable bonds is 9. The highest BCUT2D eigenvalue weighted by Crippen LogP contribution is 2.21. The molecule has 0 bridgehead atoms. The van der Waals surface area contributed by atoms with Crippen LogP contribution in [0, 0.1) is 5.82 Å². The van der Waals surface area contributed by atoms with E-state index >= 15 is 0 Å². The standard InChI is InChI=1S/C21H24FN3O4/c1-25(19(20(23)27)16-9-5-10-17(22)13-16)18(26)11-6-12-24-21(28)29-14-15-7-3-2-4-8-15/h2-5,7-10,13,19H,6,11-12,14H2,1H3,(H2,23,27)(H,24,28). The number of nitrogens with zero attached hydrogens (tertiary/aromatic N) is 1. The Balaban J connectivity index is 1.77.